The Hall–Kier alpha value is -0.890. The third-order valence-electron chi connectivity index (χ3n) is 5.44. The average molecular weight is 275 g/mol. The lowest BCUT2D eigenvalue weighted by Gasteiger charge is -2.56. The molecule has 0 aromatic heterocycles. The summed E-state index contributed by atoms with van der Waals surface area (Å²) in [5, 5.41) is 3.60. The molecule has 3 rings (SSSR count). The highest BCUT2D eigenvalue weighted by atomic mass is 19.1. The molecule has 2 aliphatic rings. The lowest BCUT2D eigenvalue weighted by molar-refractivity contribution is 0.0271. The largest absolute Gasteiger partial charge is 0.316 e. The van der Waals surface area contributed by atoms with Crippen LogP contribution in [-0.4, -0.2) is 13.1 Å². The highest BCUT2D eigenvalue weighted by Crippen LogP contribution is 2.62. The zero-order chi connectivity index (χ0) is 14.1. The van der Waals surface area contributed by atoms with Crippen molar-refractivity contribution in [1.29, 1.82) is 0 Å². The summed E-state index contributed by atoms with van der Waals surface area (Å²) in [5.41, 5.74) is 2.20. The second-order valence-corrected chi connectivity index (χ2v) is 7.02. The molecule has 2 saturated carbocycles. The zero-order valence-corrected chi connectivity index (χ0v) is 12.6. The third kappa shape index (κ3) is 2.50. The molecule has 1 spiro atoms. The topological polar surface area (TPSA) is 12.0 Å². The summed E-state index contributed by atoms with van der Waals surface area (Å²) < 4.78 is 13.2. The van der Waals surface area contributed by atoms with Gasteiger partial charge in [-0.05, 0) is 61.8 Å². The lowest BCUT2D eigenvalue weighted by atomic mass is 9.49. The van der Waals surface area contributed by atoms with Gasteiger partial charge in [0.2, 0.25) is 0 Å². The first-order chi connectivity index (χ1) is 9.68. The maximum Gasteiger partial charge on any atom is 0.123 e. The molecule has 2 aliphatic carbocycles. The summed E-state index contributed by atoms with van der Waals surface area (Å²) in [4.78, 5) is 0. The van der Waals surface area contributed by atoms with Crippen LogP contribution in [-0.2, 0) is 5.41 Å². The molecule has 2 heteroatoms. The first kappa shape index (κ1) is 14.1. The fraction of sp³-hybridized carbons (Fsp3) is 0.667. The van der Waals surface area contributed by atoms with E-state index in [-0.39, 0.29) is 11.2 Å². The van der Waals surface area contributed by atoms with Crippen molar-refractivity contribution in [2.45, 2.75) is 57.3 Å². The van der Waals surface area contributed by atoms with Crippen molar-refractivity contribution in [3.05, 3.63) is 35.6 Å². The quantitative estimate of drug-likeness (QED) is 0.784. The van der Waals surface area contributed by atoms with Gasteiger partial charge < -0.3 is 5.32 Å². The van der Waals surface area contributed by atoms with Gasteiger partial charge in [-0.2, -0.15) is 0 Å². The van der Waals surface area contributed by atoms with Crippen LogP contribution in [0.25, 0.3) is 0 Å². The van der Waals surface area contributed by atoms with Crippen LogP contribution in [0.3, 0.4) is 0 Å². The van der Waals surface area contributed by atoms with Crippen molar-refractivity contribution in [3.8, 4) is 0 Å². The normalized spacial score (nSPS) is 22.9. The minimum atomic E-state index is -0.125. The predicted octanol–water partition coefficient (Wildman–Crippen LogP) is 4.42. The van der Waals surface area contributed by atoms with Crippen molar-refractivity contribution < 1.29 is 4.39 Å². The van der Waals surface area contributed by atoms with Crippen LogP contribution in [0.4, 0.5) is 4.39 Å². The molecule has 0 unspecified atom stereocenters. The average Bonchev–Trinajstić information content (AvgIpc) is 2.88. The molecular formula is C18H26FN. The van der Waals surface area contributed by atoms with E-state index in [2.05, 4.69) is 12.2 Å². The summed E-state index contributed by atoms with van der Waals surface area (Å²) in [6.07, 6.45) is 9.38. The Labute approximate surface area is 122 Å². The molecule has 0 aliphatic heterocycles. The Morgan fingerprint density at radius 2 is 1.75 bits per heavy atom. The van der Waals surface area contributed by atoms with Crippen molar-refractivity contribution in [2.75, 3.05) is 13.1 Å². The molecular weight excluding hydrogens is 249 g/mol. The predicted molar refractivity (Wildman–Crippen MR) is 81.4 cm³/mol. The van der Waals surface area contributed by atoms with E-state index in [9.17, 15) is 4.39 Å². The Balaban J connectivity index is 1.76. The van der Waals surface area contributed by atoms with E-state index in [1.165, 1.54) is 50.5 Å². The highest BCUT2D eigenvalue weighted by Gasteiger charge is 2.55. The maximum atomic E-state index is 13.2. The maximum absolute atomic E-state index is 13.2. The van der Waals surface area contributed by atoms with Gasteiger partial charge in [0, 0.05) is 12.0 Å². The van der Waals surface area contributed by atoms with E-state index < -0.39 is 0 Å². The fourth-order valence-corrected chi connectivity index (χ4v) is 4.60. The first-order valence-corrected chi connectivity index (χ1v) is 8.15. The molecule has 0 saturated heterocycles. The number of halogens is 1. The van der Waals surface area contributed by atoms with Crippen LogP contribution < -0.4 is 5.32 Å². The van der Waals surface area contributed by atoms with E-state index in [4.69, 9.17) is 0 Å². The molecule has 0 amide bonds. The van der Waals surface area contributed by atoms with Crippen LogP contribution in [0.1, 0.15) is 57.4 Å². The molecule has 2 fully saturated rings. The molecule has 0 bridgehead atoms. The second kappa shape index (κ2) is 5.48. The summed E-state index contributed by atoms with van der Waals surface area (Å²) in [5.74, 6) is -0.125. The van der Waals surface area contributed by atoms with E-state index in [1.54, 1.807) is 12.1 Å². The smallest absolute Gasteiger partial charge is 0.123 e. The van der Waals surface area contributed by atoms with E-state index in [0.717, 1.165) is 13.1 Å². The van der Waals surface area contributed by atoms with Crippen molar-refractivity contribution in [3.63, 3.8) is 0 Å². The van der Waals surface area contributed by atoms with Crippen molar-refractivity contribution >= 4 is 0 Å². The number of rotatable bonds is 5. The standard InChI is InChI=1S/C18H26FN/c1-2-11-20-14-18(15-5-7-16(19)8-6-15)12-17(13-18)9-3-4-10-17/h5-8,20H,2-4,9-14H2,1H3. The second-order valence-electron chi connectivity index (χ2n) is 7.02. The van der Waals surface area contributed by atoms with Gasteiger partial charge in [-0.1, -0.05) is 31.9 Å². The van der Waals surface area contributed by atoms with Gasteiger partial charge in [0.25, 0.3) is 0 Å². The third-order valence-corrected chi connectivity index (χ3v) is 5.44. The molecule has 1 nitrogen and oxygen atoms in total. The van der Waals surface area contributed by atoms with Gasteiger partial charge in [-0.15, -0.1) is 0 Å². The van der Waals surface area contributed by atoms with Crippen LogP contribution in [0, 0.1) is 11.2 Å². The van der Waals surface area contributed by atoms with Gasteiger partial charge in [0.05, 0.1) is 0 Å². The molecule has 1 N–H and O–H groups in total. The minimum absolute atomic E-state index is 0.125. The van der Waals surface area contributed by atoms with Crippen molar-refractivity contribution in [1.82, 2.24) is 5.32 Å². The number of hydrogen-bond donors (Lipinski definition) is 1. The summed E-state index contributed by atoms with van der Waals surface area (Å²) >= 11 is 0. The molecule has 0 atom stereocenters. The van der Waals surface area contributed by atoms with Gasteiger partial charge in [-0.3, -0.25) is 0 Å². The molecule has 0 radical (unpaired) electrons. The molecule has 1 aromatic carbocycles. The Bertz CT molecular complexity index is 437. The van der Waals surface area contributed by atoms with Crippen LogP contribution in [0.5, 0.6) is 0 Å². The lowest BCUT2D eigenvalue weighted by Crippen LogP contribution is -2.53. The van der Waals surface area contributed by atoms with Crippen molar-refractivity contribution in [2.24, 2.45) is 5.41 Å². The van der Waals surface area contributed by atoms with Gasteiger partial charge >= 0.3 is 0 Å². The first-order valence-electron chi connectivity index (χ1n) is 8.15. The molecule has 110 valence electrons. The Kier molecular flexibility index (Phi) is 3.85. The minimum Gasteiger partial charge on any atom is -0.316 e. The highest BCUT2D eigenvalue weighted by molar-refractivity contribution is 5.32. The Morgan fingerprint density at radius 1 is 1.10 bits per heavy atom. The fourth-order valence-electron chi connectivity index (χ4n) is 4.60. The monoisotopic (exact) mass is 275 g/mol. The number of benzene rings is 1. The van der Waals surface area contributed by atoms with Crippen LogP contribution >= 0.6 is 0 Å². The van der Waals surface area contributed by atoms with E-state index >= 15 is 0 Å². The SMILES string of the molecule is CCCNCC1(c2ccc(F)cc2)CC2(CCCC2)C1. The molecule has 1 aromatic rings. The summed E-state index contributed by atoms with van der Waals surface area (Å²) in [6, 6.07) is 7.25. The Morgan fingerprint density at radius 3 is 2.35 bits per heavy atom. The number of hydrogen-bond acceptors (Lipinski definition) is 1. The zero-order valence-electron chi connectivity index (χ0n) is 12.6. The van der Waals surface area contributed by atoms with E-state index in [1.807, 2.05) is 12.1 Å². The van der Waals surface area contributed by atoms with Gasteiger partial charge in [0.1, 0.15) is 5.82 Å². The van der Waals surface area contributed by atoms with Gasteiger partial charge in [0.15, 0.2) is 0 Å². The van der Waals surface area contributed by atoms with Crippen LogP contribution in [0.2, 0.25) is 0 Å². The van der Waals surface area contributed by atoms with Gasteiger partial charge in [-0.25, -0.2) is 4.39 Å². The number of nitrogens with one attached hydrogen (secondary N) is 1. The molecule has 20 heavy (non-hydrogen) atoms. The summed E-state index contributed by atoms with van der Waals surface area (Å²) in [7, 11) is 0. The van der Waals surface area contributed by atoms with E-state index in [0.29, 0.717) is 5.41 Å². The summed E-state index contributed by atoms with van der Waals surface area (Å²) in [6.45, 7) is 4.33. The van der Waals surface area contributed by atoms with Crippen LogP contribution in [0.15, 0.2) is 24.3 Å². The molecule has 0 heterocycles.